The Morgan fingerprint density at radius 2 is 1.82 bits per heavy atom. The van der Waals surface area contributed by atoms with Crippen molar-refractivity contribution in [3.8, 4) is 0 Å². The summed E-state index contributed by atoms with van der Waals surface area (Å²) in [6.45, 7) is 1.19. The third-order valence-electron chi connectivity index (χ3n) is 5.95. The molecule has 0 saturated carbocycles. The van der Waals surface area contributed by atoms with E-state index in [9.17, 15) is 9.18 Å². The average Bonchev–Trinajstić information content (AvgIpc) is 3.30. The summed E-state index contributed by atoms with van der Waals surface area (Å²) in [5, 5.41) is 8.52. The van der Waals surface area contributed by atoms with Crippen LogP contribution in [0.4, 0.5) is 15.9 Å². The van der Waals surface area contributed by atoms with Crippen LogP contribution in [0.1, 0.15) is 34.7 Å². The first-order valence-electron chi connectivity index (χ1n) is 10.6. The Balaban J connectivity index is 1.41. The van der Waals surface area contributed by atoms with E-state index in [1.165, 1.54) is 12.1 Å². The van der Waals surface area contributed by atoms with Gasteiger partial charge in [-0.15, -0.1) is 0 Å². The number of hydrogen-bond donors (Lipinski definition) is 1. The van der Waals surface area contributed by atoms with Crippen molar-refractivity contribution in [3.63, 3.8) is 0 Å². The normalized spacial score (nSPS) is 14.6. The van der Waals surface area contributed by atoms with E-state index in [4.69, 9.17) is 23.2 Å². The minimum Gasteiger partial charge on any atom is -0.338 e. The van der Waals surface area contributed by atoms with Crippen LogP contribution < -0.4 is 5.32 Å². The molecule has 2 aromatic heterocycles. The first kappa shape index (κ1) is 21.7. The molecule has 168 valence electrons. The maximum absolute atomic E-state index is 13.5. The van der Waals surface area contributed by atoms with E-state index in [1.807, 2.05) is 17.0 Å². The van der Waals surface area contributed by atoms with E-state index in [0.717, 1.165) is 18.4 Å². The largest absolute Gasteiger partial charge is 0.338 e. The predicted molar refractivity (Wildman–Crippen MR) is 127 cm³/mol. The van der Waals surface area contributed by atoms with Gasteiger partial charge in [-0.3, -0.25) is 4.79 Å². The monoisotopic (exact) mass is 483 g/mol. The first-order valence-corrected chi connectivity index (χ1v) is 11.3. The summed E-state index contributed by atoms with van der Waals surface area (Å²) >= 11 is 12.4. The van der Waals surface area contributed by atoms with Gasteiger partial charge >= 0.3 is 0 Å². The molecule has 6 nitrogen and oxygen atoms in total. The molecule has 33 heavy (non-hydrogen) atoms. The number of amides is 1. The molecule has 0 atom stereocenters. The van der Waals surface area contributed by atoms with Crippen LogP contribution in [0.2, 0.25) is 10.0 Å². The number of carbonyl (C=O) groups excluding carboxylic acids is 1. The fraction of sp³-hybridized carbons (Fsp3) is 0.208. The number of likely N-dealkylation sites (tertiary alicyclic amines) is 1. The van der Waals surface area contributed by atoms with Crippen LogP contribution >= 0.6 is 23.2 Å². The van der Waals surface area contributed by atoms with Gasteiger partial charge in [-0.05, 0) is 54.7 Å². The maximum Gasteiger partial charge on any atom is 0.259 e. The van der Waals surface area contributed by atoms with Crippen LogP contribution in [0, 0.1) is 5.82 Å². The van der Waals surface area contributed by atoms with Gasteiger partial charge in [0.1, 0.15) is 17.2 Å². The zero-order valence-electron chi connectivity index (χ0n) is 17.5. The van der Waals surface area contributed by atoms with Crippen LogP contribution in [-0.4, -0.2) is 38.5 Å². The first-order chi connectivity index (χ1) is 16.0. The van der Waals surface area contributed by atoms with Crippen molar-refractivity contribution < 1.29 is 9.18 Å². The highest BCUT2D eigenvalue weighted by Gasteiger charge is 2.27. The summed E-state index contributed by atoms with van der Waals surface area (Å²) in [7, 11) is 0. The van der Waals surface area contributed by atoms with Crippen molar-refractivity contribution in [2.24, 2.45) is 0 Å². The number of fused-ring (bicyclic) bond motifs is 1. The molecule has 4 aromatic rings. The van der Waals surface area contributed by atoms with E-state index in [-0.39, 0.29) is 11.7 Å². The lowest BCUT2D eigenvalue weighted by Crippen LogP contribution is -2.38. The Morgan fingerprint density at radius 1 is 1.06 bits per heavy atom. The SMILES string of the molecule is O=C(c1cnc2ccnn2c1Nc1ccc(Cl)cc1Cl)N1CCC(c2ccc(F)cc2)CC1. The molecule has 3 heterocycles. The van der Waals surface area contributed by atoms with Crippen molar-refractivity contribution in [2.75, 3.05) is 18.4 Å². The Kier molecular flexibility index (Phi) is 5.91. The van der Waals surface area contributed by atoms with Gasteiger partial charge in [-0.25, -0.2) is 9.37 Å². The topological polar surface area (TPSA) is 62.5 Å². The lowest BCUT2D eigenvalue weighted by molar-refractivity contribution is 0.0713. The third kappa shape index (κ3) is 4.38. The van der Waals surface area contributed by atoms with Crippen LogP contribution in [0.5, 0.6) is 0 Å². The molecule has 9 heteroatoms. The smallest absolute Gasteiger partial charge is 0.259 e. The highest BCUT2D eigenvalue weighted by molar-refractivity contribution is 6.36. The zero-order valence-corrected chi connectivity index (χ0v) is 19.0. The molecule has 1 fully saturated rings. The molecule has 1 aliphatic heterocycles. The minimum absolute atomic E-state index is 0.134. The molecular weight excluding hydrogens is 464 g/mol. The molecule has 0 bridgehead atoms. The molecule has 0 spiro atoms. The van der Waals surface area contributed by atoms with Gasteiger partial charge < -0.3 is 10.2 Å². The van der Waals surface area contributed by atoms with E-state index < -0.39 is 0 Å². The van der Waals surface area contributed by atoms with Crippen LogP contribution in [-0.2, 0) is 0 Å². The van der Waals surface area contributed by atoms with Crippen molar-refractivity contribution in [3.05, 3.63) is 87.9 Å². The van der Waals surface area contributed by atoms with E-state index in [1.54, 1.807) is 41.2 Å². The standard InChI is InChI=1S/C24H20Cl2FN5O/c25-17-3-6-21(20(26)13-17)30-23-19(14-28-22-7-10-29-32(22)23)24(33)31-11-8-16(9-12-31)15-1-4-18(27)5-2-15/h1-7,10,13-14,16,30H,8-9,11-12H2. The molecule has 1 aliphatic rings. The summed E-state index contributed by atoms with van der Waals surface area (Å²) in [4.78, 5) is 19.7. The second-order valence-electron chi connectivity index (χ2n) is 7.99. The summed E-state index contributed by atoms with van der Waals surface area (Å²) in [5.41, 5.74) is 2.71. The van der Waals surface area contributed by atoms with E-state index in [2.05, 4.69) is 15.4 Å². The fourth-order valence-electron chi connectivity index (χ4n) is 4.19. The number of carbonyl (C=O) groups is 1. The van der Waals surface area contributed by atoms with Gasteiger partial charge in [0.2, 0.25) is 0 Å². The Bertz CT molecular complexity index is 1320. The van der Waals surface area contributed by atoms with Gasteiger partial charge in [0, 0.05) is 30.4 Å². The molecule has 5 rings (SSSR count). The molecule has 1 N–H and O–H groups in total. The molecular formula is C24H20Cl2FN5O. The Morgan fingerprint density at radius 3 is 2.55 bits per heavy atom. The molecule has 1 amide bonds. The van der Waals surface area contributed by atoms with Crippen molar-refractivity contribution >= 4 is 46.3 Å². The maximum atomic E-state index is 13.5. The highest BCUT2D eigenvalue weighted by Crippen LogP contribution is 2.32. The lowest BCUT2D eigenvalue weighted by Gasteiger charge is -2.32. The number of anilines is 2. The summed E-state index contributed by atoms with van der Waals surface area (Å²) < 4.78 is 14.8. The van der Waals surface area contributed by atoms with Gasteiger partial charge in [-0.1, -0.05) is 35.3 Å². The van der Waals surface area contributed by atoms with Crippen molar-refractivity contribution in [1.29, 1.82) is 0 Å². The number of nitrogens with zero attached hydrogens (tertiary/aromatic N) is 4. The second kappa shape index (κ2) is 9.00. The quantitative estimate of drug-likeness (QED) is 0.390. The van der Waals surface area contributed by atoms with E-state index in [0.29, 0.717) is 51.8 Å². The van der Waals surface area contributed by atoms with Crippen molar-refractivity contribution in [1.82, 2.24) is 19.5 Å². The number of nitrogens with one attached hydrogen (secondary N) is 1. The van der Waals surface area contributed by atoms with Gasteiger partial charge in [0.15, 0.2) is 5.65 Å². The van der Waals surface area contributed by atoms with E-state index >= 15 is 0 Å². The Labute approximate surface area is 199 Å². The summed E-state index contributed by atoms with van der Waals surface area (Å²) in [6, 6.07) is 13.5. The number of rotatable bonds is 4. The van der Waals surface area contributed by atoms with Gasteiger partial charge in [0.25, 0.3) is 5.91 Å². The number of aromatic nitrogens is 3. The predicted octanol–water partition coefficient (Wildman–Crippen LogP) is 5.94. The number of piperidine rings is 1. The third-order valence-corrected chi connectivity index (χ3v) is 6.50. The van der Waals surface area contributed by atoms with Crippen LogP contribution in [0.15, 0.2) is 60.9 Å². The van der Waals surface area contributed by atoms with Gasteiger partial charge in [-0.2, -0.15) is 9.61 Å². The molecule has 0 aliphatic carbocycles. The molecule has 0 radical (unpaired) electrons. The minimum atomic E-state index is -0.242. The van der Waals surface area contributed by atoms with Crippen molar-refractivity contribution in [2.45, 2.75) is 18.8 Å². The molecule has 2 aromatic carbocycles. The number of halogens is 3. The molecule has 1 saturated heterocycles. The van der Waals surface area contributed by atoms with Gasteiger partial charge in [0.05, 0.1) is 16.9 Å². The Hall–Kier alpha value is -3.16. The summed E-state index contributed by atoms with van der Waals surface area (Å²) in [6.07, 6.45) is 4.80. The lowest BCUT2D eigenvalue weighted by atomic mass is 9.89. The van der Waals surface area contributed by atoms with Crippen LogP contribution in [0.25, 0.3) is 5.65 Å². The fourth-order valence-corrected chi connectivity index (χ4v) is 4.64. The number of hydrogen-bond acceptors (Lipinski definition) is 4. The average molecular weight is 484 g/mol. The number of benzene rings is 2. The highest BCUT2D eigenvalue weighted by atomic mass is 35.5. The molecule has 0 unspecified atom stereocenters. The zero-order chi connectivity index (χ0) is 22.9. The second-order valence-corrected chi connectivity index (χ2v) is 8.83. The summed E-state index contributed by atoms with van der Waals surface area (Å²) in [5.74, 6) is 0.408. The van der Waals surface area contributed by atoms with Crippen LogP contribution in [0.3, 0.4) is 0 Å².